The van der Waals surface area contributed by atoms with Crippen molar-refractivity contribution in [3.05, 3.63) is 78.4 Å². The van der Waals surface area contributed by atoms with E-state index in [9.17, 15) is 18.6 Å². The van der Waals surface area contributed by atoms with Crippen LogP contribution in [-0.4, -0.2) is 39.8 Å². The third-order valence-electron chi connectivity index (χ3n) is 4.99. The smallest absolute Gasteiger partial charge is 0.246 e. The van der Waals surface area contributed by atoms with Crippen molar-refractivity contribution >= 4 is 10.0 Å². The maximum absolute atomic E-state index is 13.1. The zero-order valence-corrected chi connectivity index (χ0v) is 17.7. The highest BCUT2D eigenvalue weighted by Crippen LogP contribution is 2.38. The molecule has 0 saturated carbocycles. The number of aromatic hydroxyl groups is 2. The number of nitrogens with zero attached hydrogens (tertiary/aromatic N) is 3. The zero-order chi connectivity index (χ0) is 22.2. The molecule has 0 fully saturated rings. The summed E-state index contributed by atoms with van der Waals surface area (Å²) >= 11 is 0. The maximum atomic E-state index is 13.1. The Morgan fingerprint density at radius 2 is 1.84 bits per heavy atom. The molecule has 4 aromatic rings. The molecule has 0 unspecified atom stereocenters. The van der Waals surface area contributed by atoms with Crippen LogP contribution < -0.4 is 0 Å². The number of sulfonamides is 1. The Morgan fingerprint density at radius 1 is 1.06 bits per heavy atom. The lowest BCUT2D eigenvalue weighted by atomic mass is 10.1. The zero-order valence-electron chi connectivity index (χ0n) is 16.9. The normalized spacial score (nSPS) is 11.8. The summed E-state index contributed by atoms with van der Waals surface area (Å²) in [4.78, 5) is -0.327. The molecule has 2 aromatic heterocycles. The van der Waals surface area contributed by atoms with E-state index in [2.05, 4.69) is 5.10 Å². The number of aryl methyl sites for hydroxylation is 1. The Hall–Kier alpha value is -3.56. The van der Waals surface area contributed by atoms with Crippen LogP contribution >= 0.6 is 0 Å². The van der Waals surface area contributed by atoms with E-state index in [1.165, 1.54) is 19.4 Å². The molecule has 31 heavy (non-hydrogen) atoms. The molecule has 0 spiro atoms. The Bertz CT molecular complexity index is 1330. The molecule has 0 bridgehead atoms. The van der Waals surface area contributed by atoms with Gasteiger partial charge >= 0.3 is 0 Å². The minimum Gasteiger partial charge on any atom is -0.507 e. The lowest BCUT2D eigenvalue weighted by Crippen LogP contribution is -2.26. The molecule has 0 aliphatic rings. The van der Waals surface area contributed by atoms with E-state index in [0.717, 1.165) is 21.6 Å². The maximum Gasteiger partial charge on any atom is 0.246 e. The number of phenolic OH excluding ortho intramolecular Hbond substituents is 2. The number of rotatable bonds is 6. The minimum atomic E-state index is -4.08. The molecule has 0 aliphatic carbocycles. The van der Waals surface area contributed by atoms with Crippen LogP contribution in [-0.2, 0) is 16.6 Å². The summed E-state index contributed by atoms with van der Waals surface area (Å²) < 4.78 is 34.2. The van der Waals surface area contributed by atoms with Crippen molar-refractivity contribution in [1.82, 2.24) is 14.1 Å². The van der Waals surface area contributed by atoms with Crippen LogP contribution in [0.5, 0.6) is 11.5 Å². The van der Waals surface area contributed by atoms with Crippen LogP contribution in [0.15, 0.2) is 76.4 Å². The summed E-state index contributed by atoms with van der Waals surface area (Å²) in [5.74, 6) is -0.350. The van der Waals surface area contributed by atoms with Crippen molar-refractivity contribution in [2.24, 2.45) is 0 Å². The monoisotopic (exact) mass is 439 g/mol. The number of hydrogen-bond donors (Lipinski definition) is 2. The topological polar surface area (TPSA) is 109 Å². The van der Waals surface area contributed by atoms with E-state index < -0.39 is 15.8 Å². The van der Waals surface area contributed by atoms with Gasteiger partial charge in [-0.3, -0.25) is 0 Å². The molecule has 0 radical (unpaired) electrons. The third-order valence-corrected chi connectivity index (χ3v) is 6.82. The molecule has 0 amide bonds. The molecule has 2 N–H and O–H groups in total. The Balaban J connectivity index is 1.80. The molecule has 160 valence electrons. The van der Waals surface area contributed by atoms with Gasteiger partial charge in [-0.15, -0.1) is 0 Å². The van der Waals surface area contributed by atoms with E-state index in [1.807, 2.05) is 31.2 Å². The fourth-order valence-corrected chi connectivity index (χ4v) is 4.57. The number of para-hydroxylation sites is 1. The van der Waals surface area contributed by atoms with Gasteiger partial charge < -0.3 is 14.6 Å². The molecule has 9 heteroatoms. The number of furan rings is 1. The number of hydrogen-bond acceptors (Lipinski definition) is 6. The van der Waals surface area contributed by atoms with E-state index in [4.69, 9.17) is 4.42 Å². The highest BCUT2D eigenvalue weighted by molar-refractivity contribution is 7.89. The van der Waals surface area contributed by atoms with Gasteiger partial charge in [0.1, 0.15) is 22.2 Å². The number of benzene rings is 2. The molecule has 0 aliphatic heterocycles. The molecular formula is C22H21N3O5S. The summed E-state index contributed by atoms with van der Waals surface area (Å²) in [7, 11) is -2.69. The number of phenols is 2. The molecule has 0 saturated heterocycles. The van der Waals surface area contributed by atoms with Gasteiger partial charge in [-0.05, 0) is 42.8 Å². The first kappa shape index (κ1) is 20.7. The Labute approximate surface area is 179 Å². The van der Waals surface area contributed by atoms with Crippen LogP contribution in [0.2, 0.25) is 0 Å². The van der Waals surface area contributed by atoms with Crippen LogP contribution in [0.25, 0.3) is 16.9 Å². The van der Waals surface area contributed by atoms with Gasteiger partial charge in [-0.25, -0.2) is 13.1 Å². The summed E-state index contributed by atoms with van der Waals surface area (Å²) in [5, 5.41) is 25.2. The van der Waals surface area contributed by atoms with Crippen molar-refractivity contribution in [3.63, 3.8) is 0 Å². The molecule has 2 aromatic carbocycles. The molecule has 8 nitrogen and oxygen atoms in total. The van der Waals surface area contributed by atoms with Crippen molar-refractivity contribution in [2.75, 3.05) is 7.05 Å². The van der Waals surface area contributed by atoms with E-state index in [0.29, 0.717) is 11.5 Å². The predicted molar refractivity (Wildman–Crippen MR) is 114 cm³/mol. The van der Waals surface area contributed by atoms with E-state index in [-0.39, 0.29) is 22.8 Å². The predicted octanol–water partition coefficient (Wildman–Crippen LogP) is 3.67. The summed E-state index contributed by atoms with van der Waals surface area (Å²) in [6.45, 7) is 1.92. The average molecular weight is 439 g/mol. The van der Waals surface area contributed by atoms with Crippen LogP contribution in [0.1, 0.15) is 11.3 Å². The SMILES string of the molecule is Cc1ccccc1-n1nccc1-c1cc(S(=O)(=O)N(C)Cc2ccco2)c(O)cc1O. The quantitative estimate of drug-likeness (QED) is 0.474. The second-order valence-electron chi connectivity index (χ2n) is 7.09. The highest BCUT2D eigenvalue weighted by atomic mass is 32.2. The largest absolute Gasteiger partial charge is 0.507 e. The van der Waals surface area contributed by atoms with Crippen molar-refractivity contribution in [1.29, 1.82) is 0 Å². The van der Waals surface area contributed by atoms with Crippen LogP contribution in [0.4, 0.5) is 0 Å². The second-order valence-corrected chi connectivity index (χ2v) is 9.11. The molecule has 0 atom stereocenters. The summed E-state index contributed by atoms with van der Waals surface area (Å²) in [5.41, 5.74) is 2.45. The van der Waals surface area contributed by atoms with Gasteiger partial charge in [-0.1, -0.05) is 18.2 Å². The standard InChI is InChI=1S/C22H21N3O5S/c1-15-6-3-4-8-18(15)25-19(9-10-23-25)17-12-22(21(27)13-20(17)26)31(28,29)24(2)14-16-7-5-11-30-16/h3-13,26-27H,14H2,1-2H3. The lowest BCUT2D eigenvalue weighted by Gasteiger charge is -2.18. The van der Waals surface area contributed by atoms with Gasteiger partial charge in [0.15, 0.2) is 0 Å². The minimum absolute atomic E-state index is 0.00781. The average Bonchev–Trinajstić information content (AvgIpc) is 3.40. The Kier molecular flexibility index (Phi) is 5.30. The van der Waals surface area contributed by atoms with Crippen LogP contribution in [0, 0.1) is 6.92 Å². The van der Waals surface area contributed by atoms with Gasteiger partial charge in [-0.2, -0.15) is 9.40 Å². The fraction of sp³-hybridized carbons (Fsp3) is 0.136. The second kappa shape index (κ2) is 7.93. The molecule has 4 rings (SSSR count). The Morgan fingerprint density at radius 3 is 2.55 bits per heavy atom. The first-order chi connectivity index (χ1) is 14.8. The molecular weight excluding hydrogens is 418 g/mol. The van der Waals surface area contributed by atoms with E-state index >= 15 is 0 Å². The van der Waals surface area contributed by atoms with E-state index in [1.54, 1.807) is 29.1 Å². The van der Waals surface area contributed by atoms with Gasteiger partial charge in [0.2, 0.25) is 10.0 Å². The lowest BCUT2D eigenvalue weighted by molar-refractivity contribution is 0.400. The summed E-state index contributed by atoms with van der Waals surface area (Å²) in [6.07, 6.45) is 3.02. The first-order valence-electron chi connectivity index (χ1n) is 9.44. The fourth-order valence-electron chi connectivity index (χ4n) is 3.34. The van der Waals surface area contributed by atoms with Gasteiger partial charge in [0, 0.05) is 18.7 Å². The van der Waals surface area contributed by atoms with Crippen molar-refractivity contribution in [3.8, 4) is 28.4 Å². The first-order valence-corrected chi connectivity index (χ1v) is 10.9. The van der Waals surface area contributed by atoms with Crippen LogP contribution in [0.3, 0.4) is 0 Å². The number of aromatic nitrogens is 2. The summed E-state index contributed by atoms with van der Waals surface area (Å²) in [6, 6.07) is 14.8. The molecule has 2 heterocycles. The van der Waals surface area contributed by atoms with Crippen molar-refractivity contribution in [2.45, 2.75) is 18.4 Å². The van der Waals surface area contributed by atoms with Crippen molar-refractivity contribution < 1.29 is 23.0 Å². The highest BCUT2D eigenvalue weighted by Gasteiger charge is 2.28. The third kappa shape index (κ3) is 3.80. The van der Waals surface area contributed by atoms with Gasteiger partial charge in [0.25, 0.3) is 0 Å². The van der Waals surface area contributed by atoms with Gasteiger partial charge in [0.05, 0.1) is 30.4 Å².